The molecular weight excluding hydrogens is 285 g/mol. The quantitative estimate of drug-likeness (QED) is 0.795. The lowest BCUT2D eigenvalue weighted by Gasteiger charge is -2.25. The SMILES string of the molecule is CC(C)(CCO)NC(=O)Nc1cc(-n2cccc2)ccc1F. The summed E-state index contributed by atoms with van der Waals surface area (Å²) >= 11 is 0. The van der Waals surface area contributed by atoms with Crippen LogP contribution in [0.4, 0.5) is 14.9 Å². The Morgan fingerprint density at radius 1 is 1.32 bits per heavy atom. The summed E-state index contributed by atoms with van der Waals surface area (Å²) in [6.07, 6.45) is 4.08. The molecule has 1 heterocycles. The average molecular weight is 305 g/mol. The number of anilines is 1. The first-order valence-corrected chi connectivity index (χ1v) is 7.04. The van der Waals surface area contributed by atoms with Crippen LogP contribution in [0.25, 0.3) is 5.69 Å². The zero-order valence-electron chi connectivity index (χ0n) is 12.6. The standard InChI is InChI=1S/C16H20FN3O2/c1-16(2,7-10-21)19-15(22)18-14-11-12(5-6-13(14)17)20-8-3-4-9-20/h3-6,8-9,11,21H,7,10H2,1-2H3,(H2,18,19,22). The van der Waals surface area contributed by atoms with Gasteiger partial charge in [0.05, 0.1) is 5.69 Å². The first kappa shape index (κ1) is 16.0. The van der Waals surface area contributed by atoms with Gasteiger partial charge in [0, 0.05) is 30.2 Å². The Labute approximate surface area is 128 Å². The van der Waals surface area contributed by atoms with Crippen LogP contribution in [0.1, 0.15) is 20.3 Å². The fraction of sp³-hybridized carbons (Fsp3) is 0.312. The first-order chi connectivity index (χ1) is 10.4. The second-order valence-electron chi connectivity index (χ2n) is 5.69. The van der Waals surface area contributed by atoms with E-state index < -0.39 is 17.4 Å². The minimum absolute atomic E-state index is 0.0369. The van der Waals surface area contributed by atoms with Crippen molar-refractivity contribution in [3.05, 3.63) is 48.5 Å². The number of halogens is 1. The lowest BCUT2D eigenvalue weighted by atomic mass is 10.0. The lowest BCUT2D eigenvalue weighted by Crippen LogP contribution is -2.46. The summed E-state index contributed by atoms with van der Waals surface area (Å²) < 4.78 is 15.7. The molecule has 0 aliphatic heterocycles. The number of amides is 2. The van der Waals surface area contributed by atoms with E-state index in [1.807, 2.05) is 29.1 Å². The fourth-order valence-electron chi connectivity index (χ4n) is 2.08. The molecule has 0 aliphatic rings. The maximum atomic E-state index is 13.9. The predicted octanol–water partition coefficient (Wildman–Crippen LogP) is 2.90. The molecule has 5 nitrogen and oxygen atoms in total. The molecule has 0 fully saturated rings. The van der Waals surface area contributed by atoms with Gasteiger partial charge >= 0.3 is 6.03 Å². The van der Waals surface area contributed by atoms with Crippen molar-refractivity contribution in [2.75, 3.05) is 11.9 Å². The van der Waals surface area contributed by atoms with Gasteiger partial charge in [-0.3, -0.25) is 0 Å². The number of nitrogens with one attached hydrogen (secondary N) is 2. The molecule has 6 heteroatoms. The number of urea groups is 1. The molecule has 0 unspecified atom stereocenters. The van der Waals surface area contributed by atoms with Crippen LogP contribution in [0.15, 0.2) is 42.7 Å². The maximum absolute atomic E-state index is 13.9. The zero-order chi connectivity index (χ0) is 16.2. The predicted molar refractivity (Wildman–Crippen MR) is 83.7 cm³/mol. The Bertz CT molecular complexity index is 639. The highest BCUT2D eigenvalue weighted by molar-refractivity contribution is 5.90. The van der Waals surface area contributed by atoms with Crippen LogP contribution in [0, 0.1) is 5.82 Å². The van der Waals surface area contributed by atoms with Crippen molar-refractivity contribution in [3.8, 4) is 5.69 Å². The van der Waals surface area contributed by atoms with Gasteiger partial charge in [-0.1, -0.05) is 0 Å². The molecule has 2 rings (SSSR count). The molecule has 0 spiro atoms. The van der Waals surface area contributed by atoms with E-state index in [4.69, 9.17) is 5.11 Å². The second-order valence-corrected chi connectivity index (χ2v) is 5.69. The molecule has 118 valence electrons. The molecule has 22 heavy (non-hydrogen) atoms. The Morgan fingerprint density at radius 2 is 2.00 bits per heavy atom. The smallest absolute Gasteiger partial charge is 0.319 e. The third kappa shape index (κ3) is 4.08. The number of carbonyl (C=O) groups is 1. The third-order valence-corrected chi connectivity index (χ3v) is 3.29. The maximum Gasteiger partial charge on any atom is 0.319 e. The largest absolute Gasteiger partial charge is 0.396 e. The van der Waals surface area contributed by atoms with E-state index in [0.29, 0.717) is 6.42 Å². The molecule has 2 amide bonds. The van der Waals surface area contributed by atoms with Crippen molar-refractivity contribution in [2.24, 2.45) is 0 Å². The molecule has 2 aromatic rings. The molecular formula is C16H20FN3O2. The van der Waals surface area contributed by atoms with Crippen molar-refractivity contribution < 1.29 is 14.3 Å². The average Bonchev–Trinajstić information content (AvgIpc) is 2.94. The van der Waals surface area contributed by atoms with Gasteiger partial charge in [0.15, 0.2) is 0 Å². The number of aliphatic hydroxyl groups is 1. The monoisotopic (exact) mass is 305 g/mol. The third-order valence-electron chi connectivity index (χ3n) is 3.29. The minimum Gasteiger partial charge on any atom is -0.396 e. The van der Waals surface area contributed by atoms with E-state index in [-0.39, 0.29) is 12.3 Å². The van der Waals surface area contributed by atoms with Crippen LogP contribution in [-0.2, 0) is 0 Å². The van der Waals surface area contributed by atoms with E-state index in [1.54, 1.807) is 26.0 Å². The van der Waals surface area contributed by atoms with Gasteiger partial charge in [-0.15, -0.1) is 0 Å². The van der Waals surface area contributed by atoms with E-state index in [9.17, 15) is 9.18 Å². The van der Waals surface area contributed by atoms with Crippen LogP contribution in [0.3, 0.4) is 0 Å². The highest BCUT2D eigenvalue weighted by Gasteiger charge is 2.20. The van der Waals surface area contributed by atoms with E-state index >= 15 is 0 Å². The van der Waals surface area contributed by atoms with Gasteiger partial charge in [0.2, 0.25) is 0 Å². The minimum atomic E-state index is -0.576. The summed E-state index contributed by atoms with van der Waals surface area (Å²) in [5.41, 5.74) is 0.271. The topological polar surface area (TPSA) is 66.3 Å². The van der Waals surface area contributed by atoms with Crippen LogP contribution in [-0.4, -0.2) is 27.9 Å². The van der Waals surface area contributed by atoms with E-state index in [0.717, 1.165) is 5.69 Å². The number of carbonyl (C=O) groups excluding carboxylic acids is 1. The van der Waals surface area contributed by atoms with Gasteiger partial charge in [-0.2, -0.15) is 0 Å². The Hall–Kier alpha value is -2.34. The Balaban J connectivity index is 2.12. The summed E-state index contributed by atoms with van der Waals surface area (Å²) in [6.45, 7) is 3.54. The van der Waals surface area contributed by atoms with Crippen molar-refractivity contribution in [2.45, 2.75) is 25.8 Å². The van der Waals surface area contributed by atoms with Crippen molar-refractivity contribution in [1.82, 2.24) is 9.88 Å². The van der Waals surface area contributed by atoms with E-state index in [2.05, 4.69) is 10.6 Å². The summed E-state index contributed by atoms with van der Waals surface area (Å²) in [5.74, 6) is -0.508. The molecule has 0 atom stereocenters. The number of aromatic nitrogens is 1. The molecule has 0 radical (unpaired) electrons. The van der Waals surface area contributed by atoms with Gasteiger partial charge < -0.3 is 20.3 Å². The van der Waals surface area contributed by atoms with Crippen LogP contribution in [0.5, 0.6) is 0 Å². The number of nitrogens with zero attached hydrogens (tertiary/aromatic N) is 1. The Morgan fingerprint density at radius 3 is 2.64 bits per heavy atom. The molecule has 3 N–H and O–H groups in total. The van der Waals surface area contributed by atoms with Crippen LogP contribution >= 0.6 is 0 Å². The number of hydrogen-bond acceptors (Lipinski definition) is 2. The summed E-state index contributed by atoms with van der Waals surface area (Å²) in [6, 6.07) is 7.72. The summed E-state index contributed by atoms with van der Waals surface area (Å²) in [5, 5.41) is 14.2. The highest BCUT2D eigenvalue weighted by atomic mass is 19.1. The zero-order valence-corrected chi connectivity index (χ0v) is 12.6. The van der Waals surface area contributed by atoms with Gasteiger partial charge in [0.25, 0.3) is 0 Å². The molecule has 1 aromatic carbocycles. The van der Waals surface area contributed by atoms with Gasteiger partial charge in [0.1, 0.15) is 5.82 Å². The lowest BCUT2D eigenvalue weighted by molar-refractivity contribution is 0.218. The van der Waals surface area contributed by atoms with Crippen molar-refractivity contribution in [1.29, 1.82) is 0 Å². The normalized spacial score (nSPS) is 11.3. The summed E-state index contributed by atoms with van der Waals surface area (Å²) in [4.78, 5) is 12.0. The number of hydrogen-bond donors (Lipinski definition) is 3. The molecule has 1 aromatic heterocycles. The highest BCUT2D eigenvalue weighted by Crippen LogP contribution is 2.19. The molecule has 0 saturated carbocycles. The van der Waals surface area contributed by atoms with Gasteiger partial charge in [-0.25, -0.2) is 9.18 Å². The van der Waals surface area contributed by atoms with Crippen molar-refractivity contribution in [3.63, 3.8) is 0 Å². The van der Waals surface area contributed by atoms with Crippen molar-refractivity contribution >= 4 is 11.7 Å². The van der Waals surface area contributed by atoms with Crippen LogP contribution in [0.2, 0.25) is 0 Å². The molecule has 0 saturated heterocycles. The van der Waals surface area contributed by atoms with Gasteiger partial charge in [-0.05, 0) is 50.6 Å². The number of aliphatic hydroxyl groups excluding tert-OH is 1. The molecule has 0 aliphatic carbocycles. The Kier molecular flexibility index (Phi) is 4.82. The fourth-order valence-corrected chi connectivity index (χ4v) is 2.08. The van der Waals surface area contributed by atoms with E-state index in [1.165, 1.54) is 6.07 Å². The number of rotatable bonds is 5. The second kappa shape index (κ2) is 6.62. The first-order valence-electron chi connectivity index (χ1n) is 7.04. The molecule has 0 bridgehead atoms. The summed E-state index contributed by atoms with van der Waals surface area (Å²) in [7, 11) is 0. The van der Waals surface area contributed by atoms with Crippen LogP contribution < -0.4 is 10.6 Å². The number of benzene rings is 1.